The van der Waals surface area contributed by atoms with Crippen LogP contribution in [0.4, 0.5) is 0 Å². The highest BCUT2D eigenvalue weighted by molar-refractivity contribution is 6.38. The lowest BCUT2D eigenvalue weighted by Crippen LogP contribution is -2.57. The first-order valence-electron chi connectivity index (χ1n) is 10.9. The molecule has 2 aliphatic heterocycles. The number of carbonyl (C=O) groups is 1. The van der Waals surface area contributed by atoms with Crippen LogP contribution in [0.3, 0.4) is 0 Å². The molecule has 5 atom stereocenters. The molecule has 0 aromatic heterocycles. The number of hydrazone groups is 1. The van der Waals surface area contributed by atoms with E-state index < -0.39 is 36.9 Å². The minimum atomic E-state index is -1.12. The molecule has 0 aliphatic carbocycles. The van der Waals surface area contributed by atoms with Gasteiger partial charge in [0.25, 0.3) is 5.91 Å². The average Bonchev–Trinajstić information content (AvgIpc) is 3.03. The van der Waals surface area contributed by atoms with Gasteiger partial charge in [0.15, 0.2) is 0 Å². The van der Waals surface area contributed by atoms with E-state index in [0.717, 1.165) is 11.1 Å². The third-order valence-electron chi connectivity index (χ3n) is 6.11. The summed E-state index contributed by atoms with van der Waals surface area (Å²) >= 11 is 0. The van der Waals surface area contributed by atoms with Crippen molar-refractivity contribution in [3.63, 3.8) is 0 Å². The van der Waals surface area contributed by atoms with Crippen LogP contribution < -0.4 is 16.5 Å². The molecule has 0 bridgehead atoms. The lowest BCUT2D eigenvalue weighted by molar-refractivity contribution is -0.159. The summed E-state index contributed by atoms with van der Waals surface area (Å²) in [5, 5.41) is 48.4. The van der Waals surface area contributed by atoms with Crippen molar-refractivity contribution in [3.8, 4) is 0 Å². The van der Waals surface area contributed by atoms with Crippen LogP contribution in [0.25, 0.3) is 0 Å². The Morgan fingerprint density at radius 3 is 2.45 bits per heavy atom. The highest BCUT2D eigenvalue weighted by atomic mass is 16.3. The van der Waals surface area contributed by atoms with Crippen LogP contribution in [0.2, 0.25) is 0 Å². The van der Waals surface area contributed by atoms with Gasteiger partial charge in [-0.3, -0.25) is 10.1 Å². The molecule has 33 heavy (non-hydrogen) atoms. The van der Waals surface area contributed by atoms with Gasteiger partial charge < -0.3 is 31.6 Å². The molecular weight excluding hydrogens is 426 g/mol. The predicted octanol–water partition coefficient (Wildman–Crippen LogP) is -0.454. The van der Waals surface area contributed by atoms with Crippen LogP contribution in [0.1, 0.15) is 47.6 Å². The second kappa shape index (κ2) is 9.96. The van der Waals surface area contributed by atoms with E-state index in [4.69, 9.17) is 5.73 Å². The van der Waals surface area contributed by atoms with Crippen molar-refractivity contribution in [1.29, 1.82) is 0 Å². The number of nitrogens with two attached hydrogens (primary N) is 1. The van der Waals surface area contributed by atoms with Crippen molar-refractivity contribution < 1.29 is 25.2 Å². The number of aliphatic hydroxyl groups excluding tert-OH is 4. The summed E-state index contributed by atoms with van der Waals surface area (Å²) in [6, 6.07) is 14.1. The number of rotatable bonds is 7. The summed E-state index contributed by atoms with van der Waals surface area (Å²) < 4.78 is 0. The standard InChI is InChI=1S/C23H29N5O5/c24-20(30)17(11-13-4-2-1-3-5-13)27-25-12-14-6-7-15-16(10-14)23(33)28(22(15)32)18-8-9-19(29)26-21(18)31/h1-7,10,18-19,21-23,25-26,29,31-33H,8-9,11-12H2,(H2,24,30)/b27-17+. The van der Waals surface area contributed by atoms with E-state index in [1.807, 2.05) is 30.3 Å². The zero-order valence-corrected chi connectivity index (χ0v) is 18.0. The monoisotopic (exact) mass is 455 g/mol. The highest BCUT2D eigenvalue weighted by Gasteiger charge is 2.44. The number of hydrogen-bond donors (Lipinski definition) is 7. The maximum atomic E-state index is 11.8. The number of nitrogens with zero attached hydrogens (tertiary/aromatic N) is 2. The van der Waals surface area contributed by atoms with Crippen molar-refractivity contribution in [3.05, 3.63) is 70.8 Å². The summed E-state index contributed by atoms with van der Waals surface area (Å²) in [4.78, 5) is 13.2. The number of piperidine rings is 1. The quantitative estimate of drug-likeness (QED) is 0.218. The van der Waals surface area contributed by atoms with Crippen molar-refractivity contribution in [2.75, 3.05) is 0 Å². The Kier molecular flexibility index (Phi) is 7.03. The van der Waals surface area contributed by atoms with Gasteiger partial charge >= 0.3 is 0 Å². The van der Waals surface area contributed by atoms with Crippen LogP contribution >= 0.6 is 0 Å². The van der Waals surface area contributed by atoms with Gasteiger partial charge in [0.2, 0.25) is 0 Å². The maximum absolute atomic E-state index is 11.8. The SMILES string of the molecule is NC(=O)/C(Cc1ccccc1)=N/NCc1ccc2c(c1)C(O)N(C1CCC(O)NC1O)C2O. The Bertz CT molecular complexity index is 1020. The second-order valence-corrected chi connectivity index (χ2v) is 8.35. The summed E-state index contributed by atoms with van der Waals surface area (Å²) in [7, 11) is 0. The Hall–Kier alpha value is -2.86. The van der Waals surface area contributed by atoms with E-state index in [1.165, 1.54) is 4.90 Å². The molecule has 4 rings (SSSR count). The molecule has 0 saturated carbocycles. The fourth-order valence-electron chi connectivity index (χ4n) is 4.40. The van der Waals surface area contributed by atoms with Gasteiger partial charge in [-0.15, -0.1) is 0 Å². The van der Waals surface area contributed by atoms with E-state index in [-0.39, 0.29) is 12.3 Å². The molecular formula is C23H29N5O5. The first-order chi connectivity index (χ1) is 15.8. The number of carbonyl (C=O) groups excluding carboxylic acids is 1. The number of primary amides is 1. The number of nitrogens with one attached hydrogen (secondary N) is 2. The van der Waals surface area contributed by atoms with Gasteiger partial charge in [0.1, 0.15) is 30.6 Å². The Morgan fingerprint density at radius 1 is 1.03 bits per heavy atom. The maximum Gasteiger partial charge on any atom is 0.265 e. The molecule has 1 saturated heterocycles. The van der Waals surface area contributed by atoms with Gasteiger partial charge in [0.05, 0.1) is 12.6 Å². The largest absolute Gasteiger partial charge is 0.379 e. The Labute approximate surface area is 191 Å². The molecule has 176 valence electrons. The summed E-state index contributed by atoms with van der Waals surface area (Å²) in [5.74, 6) is -0.612. The number of benzene rings is 2. The minimum absolute atomic E-state index is 0.199. The number of aliphatic hydroxyl groups is 4. The smallest absolute Gasteiger partial charge is 0.265 e. The van der Waals surface area contributed by atoms with Crippen molar-refractivity contribution in [2.45, 2.75) is 56.8 Å². The molecule has 1 amide bonds. The van der Waals surface area contributed by atoms with E-state index >= 15 is 0 Å². The third kappa shape index (κ3) is 5.06. The minimum Gasteiger partial charge on any atom is -0.379 e. The Balaban J connectivity index is 1.44. The van der Waals surface area contributed by atoms with Crippen LogP contribution in [0, 0.1) is 0 Å². The summed E-state index contributed by atoms with van der Waals surface area (Å²) in [6.07, 6.45) is -2.99. The van der Waals surface area contributed by atoms with E-state index in [2.05, 4.69) is 15.8 Å². The molecule has 1 fully saturated rings. The van der Waals surface area contributed by atoms with Gasteiger partial charge in [-0.2, -0.15) is 5.10 Å². The second-order valence-electron chi connectivity index (χ2n) is 8.35. The molecule has 8 N–H and O–H groups in total. The van der Waals surface area contributed by atoms with Crippen molar-refractivity contribution in [1.82, 2.24) is 15.6 Å². The van der Waals surface area contributed by atoms with Gasteiger partial charge in [-0.1, -0.05) is 42.5 Å². The van der Waals surface area contributed by atoms with E-state index in [1.54, 1.807) is 18.2 Å². The zero-order valence-electron chi connectivity index (χ0n) is 18.0. The average molecular weight is 456 g/mol. The molecule has 5 unspecified atom stereocenters. The predicted molar refractivity (Wildman–Crippen MR) is 120 cm³/mol. The van der Waals surface area contributed by atoms with Gasteiger partial charge in [0, 0.05) is 17.5 Å². The number of fused-ring (bicyclic) bond motifs is 1. The molecule has 10 heteroatoms. The van der Waals surface area contributed by atoms with Crippen LogP contribution in [-0.2, 0) is 17.8 Å². The first-order valence-corrected chi connectivity index (χ1v) is 10.9. The molecule has 0 spiro atoms. The summed E-state index contributed by atoms with van der Waals surface area (Å²) in [6.45, 7) is 0.279. The van der Waals surface area contributed by atoms with Crippen LogP contribution in [-0.4, -0.2) is 55.4 Å². The van der Waals surface area contributed by atoms with Crippen LogP contribution in [0.5, 0.6) is 0 Å². The van der Waals surface area contributed by atoms with Crippen LogP contribution in [0.15, 0.2) is 53.6 Å². The highest BCUT2D eigenvalue weighted by Crippen LogP contribution is 2.42. The lowest BCUT2D eigenvalue weighted by atomic mass is 10.0. The topological polar surface area (TPSA) is 164 Å². The molecule has 0 radical (unpaired) electrons. The molecule has 2 aromatic carbocycles. The normalized spacial score (nSPS) is 27.9. The van der Waals surface area contributed by atoms with E-state index in [9.17, 15) is 25.2 Å². The van der Waals surface area contributed by atoms with Crippen molar-refractivity contribution in [2.24, 2.45) is 10.8 Å². The van der Waals surface area contributed by atoms with Crippen molar-refractivity contribution >= 4 is 11.6 Å². The number of amides is 1. The Morgan fingerprint density at radius 2 is 1.76 bits per heavy atom. The van der Waals surface area contributed by atoms with Gasteiger partial charge in [-0.25, -0.2) is 4.90 Å². The summed E-state index contributed by atoms with van der Waals surface area (Å²) in [5.41, 5.74) is 11.3. The molecule has 2 heterocycles. The molecule has 10 nitrogen and oxygen atoms in total. The lowest BCUT2D eigenvalue weighted by Gasteiger charge is -2.40. The molecule has 2 aliphatic rings. The first kappa shape index (κ1) is 23.3. The van der Waals surface area contributed by atoms with E-state index in [0.29, 0.717) is 30.4 Å². The fraction of sp³-hybridized carbons (Fsp3) is 0.391. The van der Waals surface area contributed by atoms with Gasteiger partial charge in [-0.05, 0) is 30.0 Å². The number of hydrogen-bond acceptors (Lipinski definition) is 9. The zero-order chi connectivity index (χ0) is 23.5. The fourth-order valence-corrected chi connectivity index (χ4v) is 4.40. The molecule has 2 aromatic rings. The third-order valence-corrected chi connectivity index (χ3v) is 6.11.